The zero-order valence-corrected chi connectivity index (χ0v) is 12.6. The molecule has 7 nitrogen and oxygen atoms in total. The summed E-state index contributed by atoms with van der Waals surface area (Å²) < 4.78 is 32.8. The summed E-state index contributed by atoms with van der Waals surface area (Å²) in [4.78, 5) is 7.37. The number of ether oxygens (including phenoxy) is 1. The van der Waals surface area contributed by atoms with Gasteiger partial charge >= 0.3 is 10.1 Å². The van der Waals surface area contributed by atoms with Crippen LogP contribution in [0.25, 0.3) is 0 Å². The Hall–Kier alpha value is -1.20. The van der Waals surface area contributed by atoms with Crippen molar-refractivity contribution in [1.29, 1.82) is 5.26 Å². The van der Waals surface area contributed by atoms with E-state index in [2.05, 4.69) is 49.5 Å². The quantitative estimate of drug-likeness (QED) is 0.249. The van der Waals surface area contributed by atoms with Crippen molar-refractivity contribution in [3.63, 3.8) is 0 Å². The fourth-order valence-corrected chi connectivity index (χ4v) is 1.50. The van der Waals surface area contributed by atoms with Crippen LogP contribution >= 0.6 is 24.4 Å². The lowest BCUT2D eigenvalue weighted by Gasteiger charge is -2.05. The molecule has 0 rings (SSSR count). The predicted molar refractivity (Wildman–Crippen MR) is 76.7 cm³/mol. The summed E-state index contributed by atoms with van der Waals surface area (Å²) in [7, 11) is -4.22. The molecule has 0 radical (unpaired) electrons. The Morgan fingerprint density at radius 1 is 1.32 bits per heavy atom. The third-order valence-electron chi connectivity index (χ3n) is 1.52. The van der Waals surface area contributed by atoms with Crippen molar-refractivity contribution in [3.8, 4) is 6.26 Å². The average Bonchev–Trinajstić information content (AvgIpc) is 2.35. The molecule has 1 unspecified atom stereocenters. The summed E-state index contributed by atoms with van der Waals surface area (Å²) in [5, 5.41) is 12.4. The van der Waals surface area contributed by atoms with Gasteiger partial charge < -0.3 is 4.74 Å². The van der Waals surface area contributed by atoms with E-state index < -0.39 is 15.6 Å². The molecule has 1 atom stereocenters. The Balaban J connectivity index is 0. The molecule has 0 aromatic heterocycles. The van der Waals surface area contributed by atoms with E-state index in [0.717, 1.165) is 6.42 Å². The Labute approximate surface area is 122 Å². The van der Waals surface area contributed by atoms with Crippen molar-refractivity contribution in [2.24, 2.45) is 9.98 Å². The van der Waals surface area contributed by atoms with E-state index in [0.29, 0.717) is 13.1 Å². The fourth-order valence-electron chi connectivity index (χ4n) is 0.734. The molecule has 0 aliphatic rings. The molecule has 0 saturated heterocycles. The molecule has 0 amide bonds. The number of nitriles is 1. The van der Waals surface area contributed by atoms with Gasteiger partial charge in [-0.05, 0) is 37.3 Å². The van der Waals surface area contributed by atoms with Crippen LogP contribution in [0.4, 0.5) is 0 Å². The van der Waals surface area contributed by atoms with Gasteiger partial charge in [-0.25, -0.2) is 9.98 Å². The van der Waals surface area contributed by atoms with Crippen molar-refractivity contribution in [1.82, 2.24) is 0 Å². The van der Waals surface area contributed by atoms with Gasteiger partial charge in [0.2, 0.25) is 5.44 Å². The molecule has 0 aromatic rings. The van der Waals surface area contributed by atoms with Gasteiger partial charge in [0.15, 0.2) is 0 Å². The number of rotatable bonds is 7. The van der Waals surface area contributed by atoms with Crippen LogP contribution in [-0.2, 0) is 14.9 Å². The summed E-state index contributed by atoms with van der Waals surface area (Å²) in [6.45, 7) is 2.85. The minimum Gasteiger partial charge on any atom is -0.405 e. The summed E-state index contributed by atoms with van der Waals surface area (Å²) in [6, 6.07) is 0. The normalized spacial score (nSPS) is 10.6. The molecular weight excluding hydrogens is 310 g/mol. The lowest BCUT2D eigenvalue weighted by molar-refractivity contribution is 0.212. The predicted octanol–water partition coefficient (Wildman–Crippen LogP) is 1.69. The second kappa shape index (κ2) is 13.2. The number of nitrogens with zero attached hydrogens (tertiary/aromatic N) is 3. The summed E-state index contributed by atoms with van der Waals surface area (Å²) in [5.41, 5.74) is -1.42. The lowest BCUT2D eigenvalue weighted by Crippen LogP contribution is -2.20. The van der Waals surface area contributed by atoms with Crippen LogP contribution in [0.3, 0.4) is 0 Å². The highest BCUT2D eigenvalue weighted by atomic mass is 32.2. The van der Waals surface area contributed by atoms with Crippen molar-refractivity contribution in [2.75, 3.05) is 13.1 Å². The van der Waals surface area contributed by atoms with Crippen molar-refractivity contribution in [2.45, 2.75) is 25.2 Å². The molecule has 10 heteroatoms. The van der Waals surface area contributed by atoms with Crippen LogP contribution in [0.2, 0.25) is 0 Å². The van der Waals surface area contributed by atoms with E-state index in [-0.39, 0.29) is 6.42 Å². The highest BCUT2D eigenvalue weighted by Gasteiger charge is 2.21. The van der Waals surface area contributed by atoms with Gasteiger partial charge in [-0.1, -0.05) is 6.92 Å². The van der Waals surface area contributed by atoms with Gasteiger partial charge in [0.1, 0.15) is 0 Å². The van der Waals surface area contributed by atoms with Crippen LogP contribution in [-0.4, -0.2) is 41.8 Å². The zero-order chi connectivity index (χ0) is 15.1. The molecule has 0 aliphatic heterocycles. The molecule has 19 heavy (non-hydrogen) atoms. The van der Waals surface area contributed by atoms with Crippen molar-refractivity contribution >= 4 is 44.9 Å². The minimum absolute atomic E-state index is 0.0480. The molecule has 0 spiro atoms. The Morgan fingerprint density at radius 2 is 1.79 bits per heavy atom. The SMILES string of the molecule is CCC(OC#N)S(=O)(=O)O.S=C=NCCCN=C=S. The summed E-state index contributed by atoms with van der Waals surface area (Å²) in [5.74, 6) is 0. The molecule has 1 N–H and O–H groups in total. The van der Waals surface area contributed by atoms with Gasteiger partial charge in [-0.3, -0.25) is 4.55 Å². The van der Waals surface area contributed by atoms with E-state index in [1.165, 1.54) is 13.2 Å². The Bertz CT molecular complexity index is 455. The fraction of sp³-hybridized carbons (Fsp3) is 0.667. The van der Waals surface area contributed by atoms with Crippen molar-refractivity contribution in [3.05, 3.63) is 0 Å². The van der Waals surface area contributed by atoms with Crippen molar-refractivity contribution < 1.29 is 17.7 Å². The highest BCUT2D eigenvalue weighted by Crippen LogP contribution is 2.03. The molecule has 0 aliphatic carbocycles. The average molecular weight is 323 g/mol. The second-order valence-electron chi connectivity index (χ2n) is 2.86. The third-order valence-corrected chi connectivity index (χ3v) is 2.87. The number of thiocarbonyl (C=S) groups is 2. The first-order chi connectivity index (χ1) is 8.93. The van der Waals surface area contributed by atoms with E-state index in [1.54, 1.807) is 0 Å². The number of isothiocyanates is 2. The molecule has 0 fully saturated rings. The molecule has 0 aromatic carbocycles. The first-order valence-electron chi connectivity index (χ1n) is 5.02. The number of aliphatic imine (C=N–C) groups is 2. The van der Waals surface area contributed by atoms with E-state index in [4.69, 9.17) is 9.81 Å². The maximum absolute atomic E-state index is 10.2. The van der Waals surface area contributed by atoms with Crippen LogP contribution in [0.1, 0.15) is 19.8 Å². The third kappa shape index (κ3) is 14.7. The lowest BCUT2D eigenvalue weighted by atomic mass is 10.4. The van der Waals surface area contributed by atoms with Gasteiger partial charge in [0, 0.05) is 0 Å². The molecule has 0 heterocycles. The van der Waals surface area contributed by atoms with Crippen LogP contribution in [0.15, 0.2) is 9.98 Å². The Kier molecular flexibility index (Phi) is 14.0. The first kappa shape index (κ1) is 20.1. The Morgan fingerprint density at radius 3 is 2.00 bits per heavy atom. The monoisotopic (exact) mass is 323 g/mol. The number of hydrogen-bond donors (Lipinski definition) is 1. The minimum atomic E-state index is -4.22. The van der Waals surface area contributed by atoms with Crippen LogP contribution < -0.4 is 0 Å². The maximum atomic E-state index is 10.2. The van der Waals surface area contributed by atoms with Gasteiger partial charge in [-0.15, -0.1) is 0 Å². The van der Waals surface area contributed by atoms with E-state index >= 15 is 0 Å². The first-order valence-corrected chi connectivity index (χ1v) is 7.34. The topological polar surface area (TPSA) is 112 Å². The number of hydrogen-bond acceptors (Lipinski definition) is 8. The van der Waals surface area contributed by atoms with Gasteiger partial charge in [0.05, 0.1) is 23.4 Å². The standard InChI is InChI=1S/C5H6N2S2.C4H7NO4S/c8-4-6-2-1-3-7-5-9;1-2-4(9-3-5)10(6,7)8/h1-3H2;4H,2H2,1H3,(H,6,7,8). The van der Waals surface area contributed by atoms with E-state index in [1.807, 2.05) is 0 Å². The molecule has 0 bridgehead atoms. The molecule has 106 valence electrons. The smallest absolute Gasteiger partial charge is 0.304 e. The van der Waals surface area contributed by atoms with Gasteiger partial charge in [-0.2, -0.15) is 13.7 Å². The summed E-state index contributed by atoms with van der Waals surface area (Å²) >= 11 is 8.69. The van der Waals surface area contributed by atoms with Crippen LogP contribution in [0.5, 0.6) is 0 Å². The molecule has 0 saturated carbocycles. The molecular formula is C9H13N3O4S3. The maximum Gasteiger partial charge on any atom is 0.304 e. The highest BCUT2D eigenvalue weighted by molar-refractivity contribution is 7.86. The zero-order valence-electron chi connectivity index (χ0n) is 10.1. The van der Waals surface area contributed by atoms with Gasteiger partial charge in [0.25, 0.3) is 6.26 Å². The van der Waals surface area contributed by atoms with Crippen LogP contribution in [0, 0.1) is 11.5 Å². The summed E-state index contributed by atoms with van der Waals surface area (Å²) in [6.07, 6.45) is 2.10. The largest absolute Gasteiger partial charge is 0.405 e. The second-order valence-corrected chi connectivity index (χ2v) is 4.78. The van der Waals surface area contributed by atoms with E-state index in [9.17, 15) is 8.42 Å².